The first kappa shape index (κ1) is 14.5. The van der Waals surface area contributed by atoms with Crippen molar-refractivity contribution in [3.63, 3.8) is 0 Å². The van der Waals surface area contributed by atoms with Crippen LogP contribution in [0.4, 0.5) is 0 Å². The van der Waals surface area contributed by atoms with Gasteiger partial charge in [-0.25, -0.2) is 0 Å². The summed E-state index contributed by atoms with van der Waals surface area (Å²) >= 11 is 0. The van der Waals surface area contributed by atoms with Gasteiger partial charge in [-0.3, -0.25) is 4.68 Å². The van der Waals surface area contributed by atoms with Gasteiger partial charge in [-0.15, -0.1) is 0 Å². The molecule has 3 rings (SSSR count). The molecule has 1 aromatic heterocycles. The Morgan fingerprint density at radius 1 is 1.38 bits per heavy atom. The van der Waals surface area contributed by atoms with Gasteiger partial charge in [0, 0.05) is 18.2 Å². The van der Waals surface area contributed by atoms with Gasteiger partial charge in [-0.1, -0.05) is 12.1 Å². The van der Waals surface area contributed by atoms with E-state index in [0.29, 0.717) is 29.5 Å². The average molecular weight is 290 g/mol. The molecule has 1 aliphatic heterocycles. The van der Waals surface area contributed by atoms with Crippen LogP contribution in [0.1, 0.15) is 19.3 Å². The van der Waals surface area contributed by atoms with Crippen molar-refractivity contribution >= 4 is 23.5 Å². The molecule has 2 atom stereocenters. The van der Waals surface area contributed by atoms with Gasteiger partial charge in [0.05, 0.1) is 24.3 Å². The van der Waals surface area contributed by atoms with Crippen LogP contribution in [0.2, 0.25) is 0 Å². The first-order chi connectivity index (χ1) is 10.1. The summed E-state index contributed by atoms with van der Waals surface area (Å²) < 4.78 is 7.21. The summed E-state index contributed by atoms with van der Waals surface area (Å²) in [6.07, 6.45) is 3.96. The Labute approximate surface area is 123 Å². The molecule has 2 aromatic rings. The highest BCUT2D eigenvalue weighted by Crippen LogP contribution is 2.18. The van der Waals surface area contributed by atoms with E-state index in [1.807, 2.05) is 0 Å². The van der Waals surface area contributed by atoms with Crippen molar-refractivity contribution in [3.8, 4) is 0 Å². The Hall–Kier alpha value is -1.41. The van der Waals surface area contributed by atoms with E-state index in [9.17, 15) is 15.2 Å². The standard InChI is InChI=1S/C14H19BN2O4/c18-13(14-6-1-2-7-21-14)9-17-8-10-11(15(19)20)4-3-5-12(10)16-17/h3-5,8,13-14,18-20H,1-2,6-7,9H2. The summed E-state index contributed by atoms with van der Waals surface area (Å²) in [7, 11) is -1.53. The SMILES string of the molecule is OB(O)c1cccc2nn(CC(O)C3CCCCO3)cc12. The normalized spacial score (nSPS) is 20.6. The minimum Gasteiger partial charge on any atom is -0.423 e. The Morgan fingerprint density at radius 3 is 2.95 bits per heavy atom. The molecule has 7 heteroatoms. The molecule has 1 saturated heterocycles. The molecule has 2 heterocycles. The molecule has 2 unspecified atom stereocenters. The smallest absolute Gasteiger partial charge is 0.423 e. The van der Waals surface area contributed by atoms with Crippen molar-refractivity contribution in [3.05, 3.63) is 24.4 Å². The monoisotopic (exact) mass is 290 g/mol. The van der Waals surface area contributed by atoms with Crippen LogP contribution in [0.15, 0.2) is 24.4 Å². The molecule has 112 valence electrons. The summed E-state index contributed by atoms with van der Waals surface area (Å²) in [4.78, 5) is 0. The zero-order valence-corrected chi connectivity index (χ0v) is 11.7. The number of rotatable bonds is 4. The number of hydrogen-bond acceptors (Lipinski definition) is 5. The summed E-state index contributed by atoms with van der Waals surface area (Å²) in [5, 5.41) is 34.0. The van der Waals surface area contributed by atoms with Gasteiger partial charge in [-0.2, -0.15) is 5.10 Å². The van der Waals surface area contributed by atoms with Crippen molar-refractivity contribution in [2.75, 3.05) is 6.61 Å². The number of aliphatic hydroxyl groups excluding tert-OH is 1. The van der Waals surface area contributed by atoms with E-state index >= 15 is 0 Å². The quantitative estimate of drug-likeness (QED) is 0.670. The van der Waals surface area contributed by atoms with Crippen LogP contribution in [0.25, 0.3) is 10.9 Å². The summed E-state index contributed by atoms with van der Waals surface area (Å²) in [6.45, 7) is 1.03. The van der Waals surface area contributed by atoms with E-state index in [0.717, 1.165) is 19.3 Å². The lowest BCUT2D eigenvalue weighted by Gasteiger charge is -2.26. The van der Waals surface area contributed by atoms with Crippen molar-refractivity contribution in [1.29, 1.82) is 0 Å². The second-order valence-electron chi connectivity index (χ2n) is 5.48. The van der Waals surface area contributed by atoms with Gasteiger partial charge in [0.15, 0.2) is 0 Å². The second-order valence-corrected chi connectivity index (χ2v) is 5.48. The van der Waals surface area contributed by atoms with Gasteiger partial charge < -0.3 is 19.9 Å². The molecule has 1 aromatic carbocycles. The second kappa shape index (κ2) is 6.15. The number of aliphatic hydroxyl groups is 1. The molecule has 0 aliphatic carbocycles. The summed E-state index contributed by atoms with van der Waals surface area (Å²) in [5.41, 5.74) is 1.10. The molecule has 3 N–H and O–H groups in total. The number of benzene rings is 1. The fourth-order valence-electron chi connectivity index (χ4n) is 2.81. The third kappa shape index (κ3) is 3.11. The number of fused-ring (bicyclic) bond motifs is 1. The van der Waals surface area contributed by atoms with E-state index in [1.165, 1.54) is 0 Å². The van der Waals surface area contributed by atoms with E-state index in [2.05, 4.69) is 5.10 Å². The predicted octanol–water partition coefficient (Wildman–Crippen LogP) is -0.354. The zero-order chi connectivity index (χ0) is 14.8. The van der Waals surface area contributed by atoms with Gasteiger partial charge in [0.2, 0.25) is 0 Å². The van der Waals surface area contributed by atoms with E-state index in [4.69, 9.17) is 4.74 Å². The fraction of sp³-hybridized carbons (Fsp3) is 0.500. The highest BCUT2D eigenvalue weighted by atomic mass is 16.5. The van der Waals surface area contributed by atoms with Gasteiger partial charge >= 0.3 is 7.12 Å². The highest BCUT2D eigenvalue weighted by molar-refractivity contribution is 6.61. The maximum absolute atomic E-state index is 10.2. The van der Waals surface area contributed by atoms with Crippen LogP contribution in [-0.2, 0) is 11.3 Å². The molecule has 1 fully saturated rings. The molecule has 21 heavy (non-hydrogen) atoms. The molecular weight excluding hydrogens is 271 g/mol. The molecule has 1 aliphatic rings. The predicted molar refractivity (Wildman–Crippen MR) is 79.2 cm³/mol. The summed E-state index contributed by atoms with van der Waals surface area (Å²) in [6, 6.07) is 5.19. The van der Waals surface area contributed by atoms with Crippen molar-refractivity contribution < 1.29 is 19.9 Å². The molecular formula is C14H19BN2O4. The number of ether oxygens (including phenoxy) is 1. The Bertz CT molecular complexity index is 610. The third-order valence-corrected chi connectivity index (χ3v) is 3.93. The van der Waals surface area contributed by atoms with Gasteiger partial charge in [-0.05, 0) is 30.8 Å². The Kier molecular flexibility index (Phi) is 4.25. The van der Waals surface area contributed by atoms with Crippen LogP contribution in [0, 0.1) is 0 Å². The maximum Gasteiger partial charge on any atom is 0.489 e. The van der Waals surface area contributed by atoms with Crippen LogP contribution < -0.4 is 5.46 Å². The molecule has 0 radical (unpaired) electrons. The van der Waals surface area contributed by atoms with Gasteiger partial charge in [0.25, 0.3) is 0 Å². The van der Waals surface area contributed by atoms with Crippen LogP contribution in [-0.4, -0.2) is 50.9 Å². The Balaban J connectivity index is 1.79. The van der Waals surface area contributed by atoms with Gasteiger partial charge in [0.1, 0.15) is 0 Å². The van der Waals surface area contributed by atoms with Crippen molar-refractivity contribution in [1.82, 2.24) is 9.78 Å². The van der Waals surface area contributed by atoms with E-state index in [1.54, 1.807) is 29.1 Å². The molecule has 0 spiro atoms. The molecule has 0 amide bonds. The number of hydrogen-bond donors (Lipinski definition) is 3. The molecule has 0 saturated carbocycles. The van der Waals surface area contributed by atoms with Crippen molar-refractivity contribution in [2.24, 2.45) is 0 Å². The van der Waals surface area contributed by atoms with E-state index in [-0.39, 0.29) is 6.10 Å². The Morgan fingerprint density at radius 2 is 2.24 bits per heavy atom. The van der Waals surface area contributed by atoms with Crippen LogP contribution >= 0.6 is 0 Å². The first-order valence-electron chi connectivity index (χ1n) is 7.27. The minimum absolute atomic E-state index is 0.144. The lowest BCUT2D eigenvalue weighted by molar-refractivity contribution is -0.0680. The van der Waals surface area contributed by atoms with Crippen LogP contribution in [0.5, 0.6) is 0 Å². The van der Waals surface area contributed by atoms with Crippen LogP contribution in [0.3, 0.4) is 0 Å². The molecule has 0 bridgehead atoms. The first-order valence-corrected chi connectivity index (χ1v) is 7.27. The summed E-state index contributed by atoms with van der Waals surface area (Å²) in [5.74, 6) is 0. The number of nitrogens with zero attached hydrogens (tertiary/aromatic N) is 2. The number of aromatic nitrogens is 2. The highest BCUT2D eigenvalue weighted by Gasteiger charge is 2.24. The van der Waals surface area contributed by atoms with E-state index < -0.39 is 13.2 Å². The largest absolute Gasteiger partial charge is 0.489 e. The average Bonchev–Trinajstić information content (AvgIpc) is 2.89. The zero-order valence-electron chi connectivity index (χ0n) is 11.7. The lowest BCUT2D eigenvalue weighted by Crippen LogP contribution is -2.35. The topological polar surface area (TPSA) is 87.7 Å². The minimum atomic E-state index is -1.53. The fourth-order valence-corrected chi connectivity index (χ4v) is 2.81. The molecule has 6 nitrogen and oxygen atoms in total. The van der Waals surface area contributed by atoms with Crippen molar-refractivity contribution in [2.45, 2.75) is 38.0 Å². The maximum atomic E-state index is 10.2. The lowest BCUT2D eigenvalue weighted by atomic mass is 9.78. The third-order valence-electron chi connectivity index (χ3n) is 3.93.